The maximum Gasteiger partial charge on any atom is 0.403 e. The maximum atomic E-state index is 11.1. The van der Waals surface area contributed by atoms with E-state index in [-0.39, 0.29) is 6.42 Å². The Balaban J connectivity index is 0.000000567. The van der Waals surface area contributed by atoms with Crippen molar-refractivity contribution in [1.29, 1.82) is 0 Å². The highest BCUT2D eigenvalue weighted by molar-refractivity contribution is 6.61. The van der Waals surface area contributed by atoms with Gasteiger partial charge >= 0.3 is 23.3 Å². The van der Waals surface area contributed by atoms with Crippen LogP contribution in [0.4, 0.5) is 4.79 Å². The van der Waals surface area contributed by atoms with E-state index in [4.69, 9.17) is 25.4 Å². The van der Waals surface area contributed by atoms with Crippen LogP contribution < -0.4 is 15.2 Å². The van der Waals surface area contributed by atoms with Crippen molar-refractivity contribution in [2.75, 3.05) is 28.4 Å². The molecule has 0 heterocycles. The molecular weight excluding hydrogens is 486 g/mol. The van der Waals surface area contributed by atoms with Crippen LogP contribution in [-0.2, 0) is 23.9 Å². The number of rotatable bonds is 8. The van der Waals surface area contributed by atoms with Gasteiger partial charge in [-0.25, -0.2) is 4.79 Å². The third kappa shape index (κ3) is 12.3. The van der Waals surface area contributed by atoms with Gasteiger partial charge in [0, 0.05) is 11.6 Å². The van der Waals surface area contributed by atoms with Crippen molar-refractivity contribution < 1.29 is 48.3 Å². The number of carboxylic acid groups (broad SMARTS) is 2. The lowest BCUT2D eigenvalue weighted by Crippen LogP contribution is -2.20. The summed E-state index contributed by atoms with van der Waals surface area (Å²) in [6, 6.07) is 12.3. The van der Waals surface area contributed by atoms with E-state index >= 15 is 0 Å². The van der Waals surface area contributed by atoms with Gasteiger partial charge in [0.15, 0.2) is 0 Å². The van der Waals surface area contributed by atoms with Crippen LogP contribution in [0, 0.1) is 0 Å². The van der Waals surface area contributed by atoms with Crippen molar-refractivity contribution >= 4 is 34.9 Å². The summed E-state index contributed by atoms with van der Waals surface area (Å²) < 4.78 is 18.3. The number of carbonyl (C=O) groups excluding carboxylic acids is 2. The van der Waals surface area contributed by atoms with Crippen molar-refractivity contribution in [2.24, 2.45) is 5.73 Å². The summed E-state index contributed by atoms with van der Waals surface area (Å²) in [5.41, 5.74) is 5.68. The molecule has 35 heavy (non-hydrogen) atoms. The summed E-state index contributed by atoms with van der Waals surface area (Å²) in [4.78, 5) is 42.1. The Labute approximate surface area is 207 Å². The summed E-state index contributed by atoms with van der Waals surface area (Å²) >= 11 is 4.60. The smallest absolute Gasteiger partial charge is 0.403 e. The van der Waals surface area contributed by atoms with Gasteiger partial charge in [-0.1, -0.05) is 24.3 Å². The first kappa shape index (κ1) is 31.2. The molecule has 0 aliphatic rings. The van der Waals surface area contributed by atoms with Gasteiger partial charge in [-0.2, -0.15) is 0 Å². The Morgan fingerprint density at radius 1 is 0.829 bits per heavy atom. The zero-order chi connectivity index (χ0) is 27.0. The Morgan fingerprint density at radius 2 is 1.29 bits per heavy atom. The number of nitrogens with two attached hydrogens (primary N) is 1. The molecule has 0 fully saturated rings. The Hall–Kier alpha value is -3.83. The number of hydrogen-bond acceptors (Lipinski definition) is 9. The van der Waals surface area contributed by atoms with Crippen molar-refractivity contribution in [3.05, 3.63) is 59.7 Å². The number of methoxy groups -OCH3 is 4. The molecule has 0 saturated heterocycles. The van der Waals surface area contributed by atoms with Crippen LogP contribution in [0.5, 0.6) is 11.5 Å². The lowest BCUT2D eigenvalue weighted by molar-refractivity contribution is -0.147. The molecule has 0 bridgehead atoms. The van der Waals surface area contributed by atoms with Gasteiger partial charge in [0.2, 0.25) is 0 Å². The molecule has 2 atom stereocenters. The number of benzene rings is 2. The summed E-state index contributed by atoms with van der Waals surface area (Å²) in [5.74, 6) is -2.43. The van der Waals surface area contributed by atoms with Crippen LogP contribution in [0.25, 0.3) is 0 Å². The highest BCUT2D eigenvalue weighted by Crippen LogP contribution is 2.24. The number of aliphatic carboxylic acids is 2. The van der Waals surface area contributed by atoms with Crippen LogP contribution in [-0.4, -0.2) is 62.0 Å². The van der Waals surface area contributed by atoms with E-state index in [1.165, 1.54) is 28.4 Å². The number of esters is 1. The lowest BCUT2D eigenvalue weighted by Gasteiger charge is -2.12. The van der Waals surface area contributed by atoms with Gasteiger partial charge in [-0.3, -0.25) is 14.4 Å². The minimum atomic E-state index is -1.07. The first-order valence-corrected chi connectivity index (χ1v) is 10.2. The quantitative estimate of drug-likeness (QED) is 0.349. The second kappa shape index (κ2) is 16.7. The largest absolute Gasteiger partial charge is 0.497 e. The van der Waals surface area contributed by atoms with Gasteiger partial charge in [0.25, 0.3) is 0 Å². The molecule has 12 heteroatoms. The number of carbonyl (C=O) groups is 4. The van der Waals surface area contributed by atoms with E-state index in [2.05, 4.69) is 21.1 Å². The molecule has 2 aromatic rings. The monoisotopic (exact) mass is 513 g/mol. The highest BCUT2D eigenvalue weighted by atomic mass is 35.5. The molecule has 2 aromatic carbocycles. The van der Waals surface area contributed by atoms with Gasteiger partial charge < -0.3 is 34.9 Å². The molecule has 0 aliphatic carbocycles. The predicted octanol–water partition coefficient (Wildman–Crippen LogP) is 3.20. The molecule has 11 nitrogen and oxygen atoms in total. The van der Waals surface area contributed by atoms with Crippen LogP contribution in [0.2, 0.25) is 0 Å². The predicted molar refractivity (Wildman–Crippen MR) is 126 cm³/mol. The normalized spacial score (nSPS) is 11.1. The molecule has 0 unspecified atom stereocenters. The Bertz CT molecular complexity index is 982. The summed E-state index contributed by atoms with van der Waals surface area (Å²) in [5, 5.41) is 17.7. The fraction of sp³-hybridized carbons (Fsp3) is 0.304. The number of carboxylic acids is 2. The number of hydrogen-bond donors (Lipinski definition) is 3. The van der Waals surface area contributed by atoms with Gasteiger partial charge in [-0.15, -0.1) is 0 Å². The highest BCUT2D eigenvalue weighted by Gasteiger charge is 2.24. The van der Waals surface area contributed by atoms with Crippen LogP contribution in [0.15, 0.2) is 48.5 Å². The third-order valence-electron chi connectivity index (χ3n) is 4.27. The van der Waals surface area contributed by atoms with E-state index in [1.54, 1.807) is 48.5 Å². The molecule has 2 rings (SSSR count). The minimum Gasteiger partial charge on any atom is -0.497 e. The zero-order valence-electron chi connectivity index (χ0n) is 19.6. The van der Waals surface area contributed by atoms with Crippen LogP contribution in [0.1, 0.15) is 29.5 Å². The fourth-order valence-electron chi connectivity index (χ4n) is 2.43. The maximum absolute atomic E-state index is 11.1. The minimum absolute atomic E-state index is 0.195. The second-order valence-corrected chi connectivity index (χ2v) is 6.79. The molecule has 192 valence electrons. The van der Waals surface area contributed by atoms with Crippen molar-refractivity contribution in [3.8, 4) is 11.5 Å². The van der Waals surface area contributed by atoms with Crippen molar-refractivity contribution in [2.45, 2.75) is 18.4 Å². The first-order chi connectivity index (χ1) is 16.5. The standard InChI is InChI=1S/C12H14O5.C9H11NO3.C2H3ClO2/c1-16-9-5-3-4-8(6-9)10(12(14)15)7-11(13)17-2;1-13-7-4-2-3-6(5-7)8(10)9(11)12;1-5-2(3)4/h3-6,10H,7H2,1-2H3,(H,14,15);2-5,8H,10H2,1H3,(H,11,12);1H3/t10-;8-;/m11./s1. The second-order valence-electron chi connectivity index (χ2n) is 6.48. The summed E-state index contributed by atoms with van der Waals surface area (Å²) in [7, 11) is 5.46. The third-order valence-corrected chi connectivity index (χ3v) is 4.43. The molecular formula is C23H28ClNO10. The van der Waals surface area contributed by atoms with Crippen molar-refractivity contribution in [3.63, 3.8) is 0 Å². The topological polar surface area (TPSA) is 172 Å². The molecule has 0 radical (unpaired) electrons. The summed E-state index contributed by atoms with van der Waals surface area (Å²) in [6.07, 6.45) is -0.195. The number of ether oxygens (including phenoxy) is 4. The summed E-state index contributed by atoms with van der Waals surface area (Å²) in [6.45, 7) is 0. The molecule has 4 N–H and O–H groups in total. The van der Waals surface area contributed by atoms with E-state index < -0.39 is 35.3 Å². The number of halogens is 1. The molecule has 0 aromatic heterocycles. The van der Waals surface area contributed by atoms with Gasteiger partial charge in [0.05, 0.1) is 40.8 Å². The zero-order valence-corrected chi connectivity index (χ0v) is 20.4. The Morgan fingerprint density at radius 3 is 1.66 bits per heavy atom. The van der Waals surface area contributed by atoms with E-state index in [0.29, 0.717) is 22.6 Å². The van der Waals surface area contributed by atoms with E-state index in [0.717, 1.165) is 0 Å². The first-order valence-electron chi connectivity index (χ1n) is 9.79. The van der Waals surface area contributed by atoms with Crippen LogP contribution in [0.3, 0.4) is 0 Å². The van der Waals surface area contributed by atoms with E-state index in [1.807, 2.05) is 0 Å². The molecule has 0 aliphatic heterocycles. The van der Waals surface area contributed by atoms with Crippen molar-refractivity contribution in [1.82, 2.24) is 0 Å². The van der Waals surface area contributed by atoms with Gasteiger partial charge in [-0.05, 0) is 35.4 Å². The average Bonchev–Trinajstić information content (AvgIpc) is 2.86. The Kier molecular flexibility index (Phi) is 14.9. The average molecular weight is 514 g/mol. The van der Waals surface area contributed by atoms with E-state index in [9.17, 15) is 19.2 Å². The SMILES string of the molecule is COC(=O)C[C@@H](C(=O)O)c1cccc(OC)c1.COC(=O)Cl.COc1cccc([C@@H](N)C(=O)O)c1. The molecule has 0 spiro atoms. The molecule has 0 saturated carbocycles. The fourth-order valence-corrected chi connectivity index (χ4v) is 2.43. The lowest BCUT2D eigenvalue weighted by atomic mass is 9.96. The van der Waals surface area contributed by atoms with Gasteiger partial charge in [0.1, 0.15) is 17.5 Å². The molecule has 0 amide bonds. The van der Waals surface area contributed by atoms with Crippen LogP contribution >= 0.6 is 11.6 Å².